The number of likely N-dealkylation sites (tertiary alicyclic amines) is 1. The number of hydrogen-bond donors (Lipinski definition) is 1. The maximum absolute atomic E-state index is 12.7. The van der Waals surface area contributed by atoms with Gasteiger partial charge in [-0.15, -0.1) is 0 Å². The molecule has 1 unspecified atom stereocenters. The number of rotatable bonds is 5. The predicted molar refractivity (Wildman–Crippen MR) is 112 cm³/mol. The lowest BCUT2D eigenvalue weighted by Crippen LogP contribution is -2.45. The zero-order chi connectivity index (χ0) is 20.4. The van der Waals surface area contributed by atoms with Gasteiger partial charge in [-0.1, -0.05) is 29.8 Å². The van der Waals surface area contributed by atoms with E-state index < -0.39 is 0 Å². The Balaban J connectivity index is 1.38. The van der Waals surface area contributed by atoms with Crippen molar-refractivity contribution in [2.75, 3.05) is 25.0 Å². The van der Waals surface area contributed by atoms with Crippen molar-refractivity contribution < 1.29 is 9.59 Å². The molecule has 0 aliphatic carbocycles. The van der Waals surface area contributed by atoms with Crippen molar-refractivity contribution in [1.29, 1.82) is 0 Å². The molecule has 1 N–H and O–H groups in total. The Hall–Kier alpha value is -2.64. The molecule has 7 nitrogen and oxygen atoms in total. The molecule has 1 atom stereocenters. The van der Waals surface area contributed by atoms with Crippen LogP contribution in [0.25, 0.3) is 0 Å². The molecule has 4 rings (SSSR count). The van der Waals surface area contributed by atoms with E-state index in [4.69, 9.17) is 11.6 Å². The Morgan fingerprint density at radius 2 is 2.10 bits per heavy atom. The molecule has 8 heteroatoms. The van der Waals surface area contributed by atoms with Crippen molar-refractivity contribution in [3.8, 4) is 0 Å². The van der Waals surface area contributed by atoms with E-state index in [1.165, 1.54) is 6.42 Å². The number of carbonyl (C=O) groups is 2. The summed E-state index contributed by atoms with van der Waals surface area (Å²) in [5.41, 5.74) is 1.03. The molecule has 3 heterocycles. The Bertz CT molecular complexity index is 954. The fourth-order valence-corrected chi connectivity index (χ4v) is 3.80. The molecule has 2 aliphatic rings. The van der Waals surface area contributed by atoms with Crippen molar-refractivity contribution >= 4 is 29.1 Å². The number of halogens is 1. The summed E-state index contributed by atoms with van der Waals surface area (Å²) >= 11 is 6.12. The Morgan fingerprint density at radius 1 is 1.28 bits per heavy atom. The van der Waals surface area contributed by atoms with Crippen LogP contribution in [0.15, 0.2) is 42.6 Å². The van der Waals surface area contributed by atoms with Gasteiger partial charge in [-0.2, -0.15) is 0 Å². The van der Waals surface area contributed by atoms with Crippen LogP contribution in [0.1, 0.15) is 29.7 Å². The zero-order valence-electron chi connectivity index (χ0n) is 16.3. The molecule has 1 saturated heterocycles. The third kappa shape index (κ3) is 4.21. The number of hydrogen-bond acceptors (Lipinski definition) is 4. The molecule has 2 aromatic rings. The van der Waals surface area contributed by atoms with Crippen LogP contribution < -0.4 is 5.32 Å². The Kier molecular flexibility index (Phi) is 5.69. The largest absolute Gasteiger partial charge is 0.330 e. The maximum atomic E-state index is 12.7. The first-order valence-corrected chi connectivity index (χ1v) is 10.2. The highest BCUT2D eigenvalue weighted by atomic mass is 35.5. The van der Waals surface area contributed by atoms with Gasteiger partial charge >= 0.3 is 0 Å². The summed E-state index contributed by atoms with van der Waals surface area (Å²) in [6.07, 6.45) is 6.36. The van der Waals surface area contributed by atoms with Gasteiger partial charge < -0.3 is 14.8 Å². The Labute approximate surface area is 175 Å². The van der Waals surface area contributed by atoms with E-state index in [1.54, 1.807) is 29.3 Å². The topological polar surface area (TPSA) is 70.5 Å². The van der Waals surface area contributed by atoms with Crippen LogP contribution in [0.4, 0.5) is 5.69 Å². The van der Waals surface area contributed by atoms with E-state index in [9.17, 15) is 9.59 Å². The number of aromatic nitrogens is 2. The lowest BCUT2D eigenvalue weighted by molar-refractivity contribution is -0.127. The SMILES string of the molecule is CC1CCN1C/C=C/C(=O)N1CCn2c(C(=O)Nc3ccccc3Cl)cnc2C1. The quantitative estimate of drug-likeness (QED) is 0.765. The molecule has 1 aromatic heterocycles. The monoisotopic (exact) mass is 413 g/mol. The van der Waals surface area contributed by atoms with Crippen molar-refractivity contribution in [3.05, 3.63) is 59.2 Å². The molecule has 2 aliphatic heterocycles. The smallest absolute Gasteiger partial charge is 0.273 e. The van der Waals surface area contributed by atoms with Gasteiger partial charge in [0, 0.05) is 38.3 Å². The van der Waals surface area contributed by atoms with E-state index >= 15 is 0 Å². The second-order valence-corrected chi connectivity index (χ2v) is 7.85. The van der Waals surface area contributed by atoms with Crippen molar-refractivity contribution in [1.82, 2.24) is 19.4 Å². The standard InChI is InChI=1S/C21H24ClN5O2/c1-15-8-10-25(15)9-4-7-20(28)26-11-12-27-18(13-23-19(27)14-26)21(29)24-17-6-3-2-5-16(17)22/h2-7,13,15H,8-12,14H2,1H3,(H,24,29)/b7-4+. The molecule has 152 valence electrons. The minimum Gasteiger partial charge on any atom is -0.330 e. The van der Waals surface area contributed by atoms with Crippen LogP contribution in [0.5, 0.6) is 0 Å². The van der Waals surface area contributed by atoms with Gasteiger partial charge in [0.1, 0.15) is 11.5 Å². The summed E-state index contributed by atoms with van der Waals surface area (Å²) < 4.78 is 1.86. The average Bonchev–Trinajstić information content (AvgIpc) is 3.15. The highest BCUT2D eigenvalue weighted by molar-refractivity contribution is 6.33. The third-order valence-corrected chi connectivity index (χ3v) is 5.92. The van der Waals surface area contributed by atoms with E-state index in [0.717, 1.165) is 13.1 Å². The van der Waals surface area contributed by atoms with E-state index in [2.05, 4.69) is 22.1 Å². The number of benzene rings is 1. The Morgan fingerprint density at radius 3 is 2.83 bits per heavy atom. The van der Waals surface area contributed by atoms with Crippen molar-refractivity contribution in [2.45, 2.75) is 32.5 Å². The zero-order valence-corrected chi connectivity index (χ0v) is 17.1. The third-order valence-electron chi connectivity index (χ3n) is 5.59. The lowest BCUT2D eigenvalue weighted by atomic mass is 10.1. The lowest BCUT2D eigenvalue weighted by Gasteiger charge is -2.37. The highest BCUT2D eigenvalue weighted by Gasteiger charge is 2.25. The molecular weight excluding hydrogens is 390 g/mol. The van der Waals surface area contributed by atoms with E-state index in [-0.39, 0.29) is 11.8 Å². The highest BCUT2D eigenvalue weighted by Crippen LogP contribution is 2.22. The second kappa shape index (κ2) is 8.39. The number of carbonyl (C=O) groups excluding carboxylic acids is 2. The van der Waals surface area contributed by atoms with Gasteiger partial charge in [0.2, 0.25) is 5.91 Å². The van der Waals surface area contributed by atoms with Gasteiger partial charge in [-0.25, -0.2) is 4.98 Å². The number of imidazole rings is 1. The molecule has 0 spiro atoms. The number of amides is 2. The van der Waals surface area contributed by atoms with Crippen LogP contribution in [0.2, 0.25) is 5.02 Å². The van der Waals surface area contributed by atoms with Crippen LogP contribution in [0, 0.1) is 0 Å². The summed E-state index contributed by atoms with van der Waals surface area (Å²) in [6.45, 7) is 5.57. The molecule has 2 amide bonds. The van der Waals surface area contributed by atoms with Crippen molar-refractivity contribution in [2.24, 2.45) is 0 Å². The fraction of sp³-hybridized carbons (Fsp3) is 0.381. The molecule has 1 aromatic carbocycles. The predicted octanol–water partition coefficient (Wildman–Crippen LogP) is 2.78. The van der Waals surface area contributed by atoms with Gasteiger partial charge in [0.05, 0.1) is 23.5 Å². The molecule has 1 fully saturated rings. The van der Waals surface area contributed by atoms with Crippen LogP contribution in [0.3, 0.4) is 0 Å². The molecule has 0 bridgehead atoms. The summed E-state index contributed by atoms with van der Waals surface area (Å²) in [6, 6.07) is 7.70. The van der Waals surface area contributed by atoms with E-state index in [0.29, 0.717) is 47.9 Å². The van der Waals surface area contributed by atoms with Crippen LogP contribution in [-0.2, 0) is 17.9 Å². The first-order chi connectivity index (χ1) is 14.0. The summed E-state index contributed by atoms with van der Waals surface area (Å²) in [7, 11) is 0. The summed E-state index contributed by atoms with van der Waals surface area (Å²) in [5, 5.41) is 3.30. The maximum Gasteiger partial charge on any atom is 0.273 e. The number of nitrogens with zero attached hydrogens (tertiary/aromatic N) is 4. The van der Waals surface area contributed by atoms with Gasteiger partial charge in [-0.05, 0) is 25.5 Å². The van der Waals surface area contributed by atoms with Crippen LogP contribution >= 0.6 is 11.6 Å². The molecule has 29 heavy (non-hydrogen) atoms. The molecule has 0 saturated carbocycles. The summed E-state index contributed by atoms with van der Waals surface area (Å²) in [4.78, 5) is 33.6. The first-order valence-electron chi connectivity index (χ1n) is 9.82. The van der Waals surface area contributed by atoms with E-state index in [1.807, 2.05) is 22.8 Å². The minimum atomic E-state index is -0.264. The normalized spacial score (nSPS) is 19.1. The van der Waals surface area contributed by atoms with Gasteiger partial charge in [-0.3, -0.25) is 14.5 Å². The average molecular weight is 414 g/mol. The molecule has 0 radical (unpaired) electrons. The van der Waals surface area contributed by atoms with Gasteiger partial charge in [0.25, 0.3) is 5.91 Å². The minimum absolute atomic E-state index is 0.0190. The number of para-hydroxylation sites is 1. The second-order valence-electron chi connectivity index (χ2n) is 7.44. The number of fused-ring (bicyclic) bond motifs is 1. The van der Waals surface area contributed by atoms with Crippen molar-refractivity contribution in [3.63, 3.8) is 0 Å². The number of nitrogens with one attached hydrogen (secondary N) is 1. The van der Waals surface area contributed by atoms with Crippen LogP contribution in [-0.4, -0.2) is 56.8 Å². The number of anilines is 1. The first kappa shape index (κ1) is 19.7. The molecular formula is C21H24ClN5O2. The summed E-state index contributed by atoms with van der Waals surface area (Å²) in [5.74, 6) is 0.424. The van der Waals surface area contributed by atoms with Gasteiger partial charge in [0.15, 0.2) is 0 Å². The fourth-order valence-electron chi connectivity index (χ4n) is 3.61.